The first kappa shape index (κ1) is 72.0. The van der Waals surface area contributed by atoms with E-state index in [4.69, 9.17) is 0 Å². The molecule has 0 spiro atoms. The van der Waals surface area contributed by atoms with Crippen molar-refractivity contribution in [3.05, 3.63) is 0 Å². The van der Waals surface area contributed by atoms with Gasteiger partial charge in [-0.2, -0.15) is 11.8 Å². The number of hydrogen-bond donors (Lipinski definition) is 0. The molecule has 0 bridgehead atoms. The summed E-state index contributed by atoms with van der Waals surface area (Å²) < 4.78 is 23.5. The SMILES string of the molecule is C.C.C.C.C.CC.CC(C)(C)C.CCC.COC.CS(C)(=O)=O.CSC. The highest BCUT2D eigenvalue weighted by atomic mass is 32.2. The van der Waals surface area contributed by atoms with Gasteiger partial charge in [-0.05, 0) is 17.9 Å². The zero-order valence-electron chi connectivity index (χ0n) is 17.2. The number of sulfone groups is 1. The Morgan fingerprint density at radius 1 is 0.769 bits per heavy atom. The average Bonchev–Trinajstić information content (AvgIpc) is 2.18. The average molecular weight is 429 g/mol. The van der Waals surface area contributed by atoms with Gasteiger partial charge in [0.1, 0.15) is 9.84 Å². The summed E-state index contributed by atoms with van der Waals surface area (Å²) >= 11 is 1.75. The minimum atomic E-state index is -2.67. The molecular weight excluding hydrogens is 364 g/mol. The van der Waals surface area contributed by atoms with E-state index in [-0.39, 0.29) is 37.1 Å². The lowest BCUT2D eigenvalue weighted by Gasteiger charge is -2.05. The van der Waals surface area contributed by atoms with Crippen molar-refractivity contribution in [3.8, 4) is 0 Å². The fourth-order valence-corrected chi connectivity index (χ4v) is 0. The van der Waals surface area contributed by atoms with Gasteiger partial charge in [-0.15, -0.1) is 0 Å². The van der Waals surface area contributed by atoms with Crippen LogP contribution >= 0.6 is 11.8 Å². The number of ether oxygens (including phenoxy) is 1. The third kappa shape index (κ3) is 194000. The first-order chi connectivity index (χ1) is 9.24. The van der Waals surface area contributed by atoms with Crippen LogP contribution in [-0.4, -0.2) is 47.7 Å². The van der Waals surface area contributed by atoms with Crippen LogP contribution in [0.1, 0.15) is 98.9 Å². The number of thioether (sulfide) groups is 1. The first-order valence-electron chi connectivity index (χ1n) is 7.20. The van der Waals surface area contributed by atoms with E-state index in [1.807, 2.05) is 26.4 Å². The molecule has 0 heterocycles. The topological polar surface area (TPSA) is 43.4 Å². The van der Waals surface area contributed by atoms with Crippen molar-refractivity contribution in [2.75, 3.05) is 39.2 Å². The normalized spacial score (nSPS) is 6.85. The summed E-state index contributed by atoms with van der Waals surface area (Å²) in [5, 5.41) is 0. The van der Waals surface area contributed by atoms with Crippen molar-refractivity contribution < 1.29 is 13.2 Å². The van der Waals surface area contributed by atoms with Crippen LogP contribution in [0.25, 0.3) is 0 Å². The predicted octanol–water partition coefficient (Wildman–Crippen LogP) is 8.58. The van der Waals surface area contributed by atoms with E-state index in [2.05, 4.69) is 46.3 Å². The van der Waals surface area contributed by atoms with E-state index in [1.54, 1.807) is 26.0 Å². The molecule has 3 nitrogen and oxygen atoms in total. The second-order valence-corrected chi connectivity index (χ2v) is 8.77. The summed E-state index contributed by atoms with van der Waals surface area (Å²) in [5.74, 6) is 0. The zero-order valence-corrected chi connectivity index (χ0v) is 18.9. The maximum atomic E-state index is 9.63. The lowest BCUT2D eigenvalue weighted by Crippen LogP contribution is -1.93. The van der Waals surface area contributed by atoms with Crippen LogP contribution in [0.2, 0.25) is 0 Å². The van der Waals surface area contributed by atoms with E-state index < -0.39 is 9.84 Å². The van der Waals surface area contributed by atoms with Gasteiger partial charge in [-0.1, -0.05) is 98.9 Å². The summed E-state index contributed by atoms with van der Waals surface area (Å²) in [6, 6.07) is 0. The Morgan fingerprint density at radius 3 is 0.769 bits per heavy atom. The summed E-state index contributed by atoms with van der Waals surface area (Å²) in [5.41, 5.74) is 0.500. The molecule has 0 aromatic rings. The van der Waals surface area contributed by atoms with E-state index in [0.29, 0.717) is 5.41 Å². The monoisotopic (exact) mass is 428 g/mol. The first-order valence-corrected chi connectivity index (χ1v) is 11.1. The third-order valence-electron chi connectivity index (χ3n) is 0. The van der Waals surface area contributed by atoms with Crippen LogP contribution in [0.3, 0.4) is 0 Å². The Labute approximate surface area is 178 Å². The van der Waals surface area contributed by atoms with Crippen molar-refractivity contribution in [2.24, 2.45) is 5.41 Å². The van der Waals surface area contributed by atoms with Gasteiger partial charge in [-0.25, -0.2) is 8.42 Å². The van der Waals surface area contributed by atoms with Crippen LogP contribution in [0.15, 0.2) is 0 Å². The summed E-state index contributed by atoms with van der Waals surface area (Å²) in [4.78, 5) is 0. The molecule has 0 aliphatic heterocycles. The van der Waals surface area contributed by atoms with Gasteiger partial charge in [0.2, 0.25) is 0 Å². The van der Waals surface area contributed by atoms with E-state index in [9.17, 15) is 8.42 Å². The molecule has 0 unspecified atom stereocenters. The fourth-order valence-electron chi connectivity index (χ4n) is 0. The van der Waals surface area contributed by atoms with Gasteiger partial charge in [0.05, 0.1) is 0 Å². The van der Waals surface area contributed by atoms with Crippen LogP contribution in [-0.2, 0) is 14.6 Å². The third-order valence-corrected chi connectivity index (χ3v) is 0. The highest BCUT2D eigenvalue weighted by Crippen LogP contribution is 2.08. The van der Waals surface area contributed by atoms with Crippen molar-refractivity contribution >= 4 is 21.6 Å². The van der Waals surface area contributed by atoms with Crippen molar-refractivity contribution in [1.29, 1.82) is 0 Å². The molecule has 0 aliphatic rings. The molecule has 0 aliphatic carbocycles. The Hall–Kier alpha value is 0.260. The summed E-state index contributed by atoms with van der Waals surface area (Å²) in [6.07, 6.45) is 7.65. The van der Waals surface area contributed by atoms with Crippen molar-refractivity contribution in [2.45, 2.75) is 98.9 Å². The number of rotatable bonds is 0. The van der Waals surface area contributed by atoms with Gasteiger partial charge >= 0.3 is 0 Å². The second kappa shape index (κ2) is 63.8. The predicted molar refractivity (Wildman–Crippen MR) is 139 cm³/mol. The van der Waals surface area contributed by atoms with Crippen molar-refractivity contribution in [1.82, 2.24) is 0 Å². The molecule has 0 saturated carbocycles. The minimum absolute atomic E-state index is 0. The maximum absolute atomic E-state index is 9.63. The van der Waals surface area contributed by atoms with Crippen LogP contribution in [0, 0.1) is 5.41 Å². The number of methoxy groups -OCH3 is 1. The Morgan fingerprint density at radius 2 is 0.769 bits per heavy atom. The molecule has 0 N–H and O–H groups in total. The molecule has 0 aromatic carbocycles. The highest BCUT2D eigenvalue weighted by molar-refractivity contribution is 7.97. The lowest BCUT2D eigenvalue weighted by atomic mass is 10.0. The Balaban J connectivity index is -0.0000000114. The van der Waals surface area contributed by atoms with Crippen molar-refractivity contribution in [3.63, 3.8) is 0 Å². The smallest absolute Gasteiger partial charge is 0.144 e. The van der Waals surface area contributed by atoms with Crippen LogP contribution in [0.4, 0.5) is 0 Å². The summed E-state index contributed by atoms with van der Waals surface area (Å²) in [6.45, 7) is 17.0. The fraction of sp³-hybridized carbons (Fsp3) is 1.00. The summed E-state index contributed by atoms with van der Waals surface area (Å²) in [7, 11) is 0.583. The van der Waals surface area contributed by atoms with Gasteiger partial charge in [0.15, 0.2) is 0 Å². The lowest BCUT2D eigenvalue weighted by molar-refractivity contribution is 0.277. The molecule has 0 atom stereocenters. The van der Waals surface area contributed by atoms with Gasteiger partial charge in [0.25, 0.3) is 0 Å². The second-order valence-electron chi connectivity index (χ2n) is 5.67. The standard InChI is InChI=1S/C5H12.C3H8.C2H6O2S.C2H6O.C2H6S.C2H6.5CH4/c1-5(2,3)4;1-3-2;1-5(2,3)4;2*1-3-2;1-2;;;;;/h1-4H3;3H2,1-2H3;1-2H3;2*1-2H3;1-2H3;5*1H4. The highest BCUT2D eigenvalue weighted by Gasteiger charge is 1.95. The minimum Gasteiger partial charge on any atom is -0.388 e. The number of hydrogen-bond acceptors (Lipinski definition) is 4. The molecule has 5 heteroatoms. The molecule has 178 valence electrons. The van der Waals surface area contributed by atoms with Gasteiger partial charge in [-0.3, -0.25) is 0 Å². The van der Waals surface area contributed by atoms with E-state index in [0.717, 1.165) is 12.5 Å². The van der Waals surface area contributed by atoms with Crippen LogP contribution in [0.5, 0.6) is 0 Å². The molecule has 0 rings (SSSR count). The zero-order chi connectivity index (χ0) is 19.1. The van der Waals surface area contributed by atoms with Crippen LogP contribution < -0.4 is 0 Å². The largest absolute Gasteiger partial charge is 0.388 e. The van der Waals surface area contributed by atoms with E-state index in [1.165, 1.54) is 6.42 Å². The molecular formula is C21H64O3S2. The molecule has 0 amide bonds. The maximum Gasteiger partial charge on any atom is 0.144 e. The molecule has 0 fully saturated rings. The molecule has 0 saturated heterocycles. The van der Waals surface area contributed by atoms with Gasteiger partial charge in [0, 0.05) is 26.7 Å². The molecule has 26 heavy (non-hydrogen) atoms. The Bertz CT molecular complexity index is 189. The molecule has 0 radical (unpaired) electrons. The van der Waals surface area contributed by atoms with Gasteiger partial charge < -0.3 is 4.74 Å². The molecule has 0 aromatic heterocycles. The quantitative estimate of drug-likeness (QED) is 0.387. The Kier molecular flexibility index (Phi) is 177. The van der Waals surface area contributed by atoms with E-state index >= 15 is 0 Å².